The average molecular weight is 326 g/mol. The quantitative estimate of drug-likeness (QED) is 0.558. The van der Waals surface area contributed by atoms with Gasteiger partial charge in [0.2, 0.25) is 0 Å². The minimum absolute atomic E-state index is 0.0298. The van der Waals surface area contributed by atoms with E-state index in [0.29, 0.717) is 5.75 Å². The van der Waals surface area contributed by atoms with Crippen LogP contribution in [0.15, 0.2) is 42.2 Å². The zero-order chi connectivity index (χ0) is 16.6. The molecule has 4 aliphatic rings. The minimum atomic E-state index is -0.548. The van der Waals surface area contributed by atoms with Crippen LogP contribution in [0.3, 0.4) is 0 Å². The molecule has 1 aromatic carbocycles. The predicted octanol–water partition coefficient (Wildman–Crippen LogP) is 1.81. The Morgan fingerprint density at radius 2 is 1.83 bits per heavy atom. The number of aromatic hydroxyl groups is 1. The molecule has 2 N–H and O–H groups in total. The SMILES string of the molecule is O=C1OC2C=C(O)C=CC2[C@@H]2[C@H]1[C@@H]1C(=O)Oc3cc(O)ccc3[C@@H]12. The summed E-state index contributed by atoms with van der Waals surface area (Å²) in [6.07, 6.45) is 4.47. The van der Waals surface area contributed by atoms with Crippen molar-refractivity contribution in [2.24, 2.45) is 23.7 Å². The molecule has 0 radical (unpaired) electrons. The number of hydrogen-bond donors (Lipinski definition) is 2. The third-order valence-electron chi connectivity index (χ3n) is 5.61. The Labute approximate surface area is 137 Å². The number of aliphatic hydroxyl groups is 1. The number of esters is 2. The lowest BCUT2D eigenvalue weighted by molar-refractivity contribution is -0.196. The Hall–Kier alpha value is -2.76. The maximum atomic E-state index is 12.4. The molecule has 0 spiro atoms. The highest BCUT2D eigenvalue weighted by Crippen LogP contribution is 2.63. The largest absolute Gasteiger partial charge is 0.508 e. The summed E-state index contributed by atoms with van der Waals surface area (Å²) >= 11 is 0. The summed E-state index contributed by atoms with van der Waals surface area (Å²) in [7, 11) is 0. The van der Waals surface area contributed by atoms with E-state index in [1.165, 1.54) is 12.1 Å². The number of fused-ring (bicyclic) bond motifs is 8. The fraction of sp³-hybridized carbons (Fsp3) is 0.333. The van der Waals surface area contributed by atoms with Gasteiger partial charge in [-0.3, -0.25) is 9.59 Å². The predicted molar refractivity (Wildman–Crippen MR) is 80.2 cm³/mol. The van der Waals surface area contributed by atoms with Crippen molar-refractivity contribution in [2.75, 3.05) is 0 Å². The van der Waals surface area contributed by atoms with Crippen molar-refractivity contribution in [3.63, 3.8) is 0 Å². The molecule has 0 amide bonds. The number of rotatable bonds is 0. The van der Waals surface area contributed by atoms with E-state index in [9.17, 15) is 19.8 Å². The highest BCUT2D eigenvalue weighted by Gasteiger charge is 2.66. The zero-order valence-electron chi connectivity index (χ0n) is 12.5. The number of benzene rings is 1. The summed E-state index contributed by atoms with van der Waals surface area (Å²) in [5.74, 6) is -1.80. The molecule has 2 fully saturated rings. The Balaban J connectivity index is 1.61. The number of aliphatic hydroxyl groups excluding tert-OH is 1. The molecule has 0 aromatic heterocycles. The lowest BCUT2D eigenvalue weighted by Crippen LogP contribution is -2.63. The van der Waals surface area contributed by atoms with Crippen LogP contribution in [0.1, 0.15) is 11.5 Å². The van der Waals surface area contributed by atoms with E-state index in [-0.39, 0.29) is 29.3 Å². The fourth-order valence-corrected chi connectivity index (χ4v) is 4.65. The van der Waals surface area contributed by atoms with Crippen LogP contribution in [0, 0.1) is 23.7 Å². The third kappa shape index (κ3) is 1.60. The van der Waals surface area contributed by atoms with Crippen molar-refractivity contribution >= 4 is 11.9 Å². The summed E-state index contributed by atoms with van der Waals surface area (Å²) in [5, 5.41) is 19.3. The Morgan fingerprint density at radius 1 is 1.00 bits per heavy atom. The van der Waals surface area contributed by atoms with Gasteiger partial charge in [0.1, 0.15) is 23.4 Å². The molecule has 6 nitrogen and oxygen atoms in total. The summed E-state index contributed by atoms with van der Waals surface area (Å²) in [5.41, 5.74) is 0.833. The van der Waals surface area contributed by atoms with Crippen molar-refractivity contribution in [1.29, 1.82) is 0 Å². The highest BCUT2D eigenvalue weighted by molar-refractivity contribution is 5.90. The summed E-state index contributed by atoms with van der Waals surface area (Å²) in [6, 6.07) is 4.74. The summed E-state index contributed by atoms with van der Waals surface area (Å²) < 4.78 is 10.7. The number of phenolic OH excluding ortho intramolecular Hbond substituents is 1. The molecule has 2 unspecified atom stereocenters. The molecule has 1 saturated heterocycles. The van der Waals surface area contributed by atoms with Gasteiger partial charge in [-0.25, -0.2) is 0 Å². The molecule has 5 rings (SSSR count). The van der Waals surface area contributed by atoms with Crippen molar-refractivity contribution in [1.82, 2.24) is 0 Å². The van der Waals surface area contributed by atoms with Crippen LogP contribution in [0.2, 0.25) is 0 Å². The number of carbonyl (C=O) groups excluding carboxylic acids is 2. The normalized spacial score (nSPS) is 38.4. The molecule has 2 aliphatic carbocycles. The van der Waals surface area contributed by atoms with Gasteiger partial charge in [-0.2, -0.15) is 0 Å². The van der Waals surface area contributed by atoms with E-state index >= 15 is 0 Å². The molecule has 2 heterocycles. The lowest BCUT2D eigenvalue weighted by Gasteiger charge is -2.57. The molecule has 2 aliphatic heterocycles. The molecule has 6 heteroatoms. The molecule has 6 atom stereocenters. The fourth-order valence-electron chi connectivity index (χ4n) is 4.65. The van der Waals surface area contributed by atoms with Crippen molar-refractivity contribution in [2.45, 2.75) is 12.0 Å². The first-order valence-electron chi connectivity index (χ1n) is 7.88. The maximum Gasteiger partial charge on any atom is 0.315 e. The smallest absolute Gasteiger partial charge is 0.315 e. The van der Waals surface area contributed by atoms with Gasteiger partial charge >= 0.3 is 11.9 Å². The topological polar surface area (TPSA) is 93.1 Å². The second-order valence-electron chi connectivity index (χ2n) is 6.73. The van der Waals surface area contributed by atoms with Gasteiger partial charge in [0, 0.05) is 17.9 Å². The van der Waals surface area contributed by atoms with Crippen LogP contribution in [-0.2, 0) is 14.3 Å². The van der Waals surface area contributed by atoms with Crippen molar-refractivity contribution in [3.8, 4) is 11.5 Å². The van der Waals surface area contributed by atoms with Gasteiger partial charge in [-0.05, 0) is 29.7 Å². The number of phenols is 1. The Morgan fingerprint density at radius 3 is 2.67 bits per heavy atom. The third-order valence-corrected chi connectivity index (χ3v) is 5.61. The first-order chi connectivity index (χ1) is 11.5. The van der Waals surface area contributed by atoms with Crippen LogP contribution in [0.25, 0.3) is 0 Å². The standard InChI is InChI=1S/C18H14O6/c19-7-1-3-9-11(5-7)23-17(21)15-13(9)14-10-4-2-8(20)6-12(10)24-18(22)16(14)15/h1-6,9,11,13-16,19-20H/t9?,11?,13-,14+,15-,16+/m0/s1. The zero-order valence-corrected chi connectivity index (χ0v) is 12.5. The van der Waals surface area contributed by atoms with Gasteiger partial charge in [-0.15, -0.1) is 0 Å². The highest BCUT2D eigenvalue weighted by atomic mass is 16.6. The van der Waals surface area contributed by atoms with Gasteiger partial charge in [0.15, 0.2) is 0 Å². The number of hydrogen-bond acceptors (Lipinski definition) is 6. The van der Waals surface area contributed by atoms with E-state index in [0.717, 1.165) is 5.56 Å². The van der Waals surface area contributed by atoms with Crippen molar-refractivity contribution in [3.05, 3.63) is 47.7 Å². The second-order valence-corrected chi connectivity index (χ2v) is 6.73. The molecule has 1 aromatic rings. The molecule has 24 heavy (non-hydrogen) atoms. The van der Waals surface area contributed by atoms with E-state index in [1.54, 1.807) is 18.2 Å². The molecule has 122 valence electrons. The maximum absolute atomic E-state index is 12.4. The van der Waals surface area contributed by atoms with Gasteiger partial charge < -0.3 is 19.7 Å². The van der Waals surface area contributed by atoms with Crippen molar-refractivity contribution < 1.29 is 29.3 Å². The van der Waals surface area contributed by atoms with Crippen LogP contribution in [0.4, 0.5) is 0 Å². The van der Waals surface area contributed by atoms with E-state index in [1.807, 2.05) is 6.08 Å². The first kappa shape index (κ1) is 13.7. The average Bonchev–Trinajstić information content (AvgIpc) is 2.49. The molecule has 0 bridgehead atoms. The number of allylic oxidation sites excluding steroid dienone is 1. The second kappa shape index (κ2) is 4.41. The molecule has 1 saturated carbocycles. The van der Waals surface area contributed by atoms with Gasteiger partial charge in [0.05, 0.1) is 11.8 Å². The first-order valence-corrected chi connectivity index (χ1v) is 7.88. The van der Waals surface area contributed by atoms with E-state index < -0.39 is 29.9 Å². The summed E-state index contributed by atoms with van der Waals surface area (Å²) in [6.45, 7) is 0. The van der Waals surface area contributed by atoms with Crippen LogP contribution < -0.4 is 4.74 Å². The van der Waals surface area contributed by atoms with E-state index in [2.05, 4.69) is 0 Å². The lowest BCUT2D eigenvalue weighted by atomic mass is 9.48. The van der Waals surface area contributed by atoms with Crippen LogP contribution >= 0.6 is 0 Å². The molecular formula is C18H14O6. The molecular weight excluding hydrogens is 312 g/mol. The number of ether oxygens (including phenoxy) is 2. The number of carbonyl (C=O) groups is 2. The minimum Gasteiger partial charge on any atom is -0.508 e. The summed E-state index contributed by atoms with van der Waals surface area (Å²) in [4.78, 5) is 24.7. The van der Waals surface area contributed by atoms with Crippen LogP contribution in [0.5, 0.6) is 11.5 Å². The van der Waals surface area contributed by atoms with Crippen LogP contribution in [-0.4, -0.2) is 28.3 Å². The van der Waals surface area contributed by atoms with E-state index in [4.69, 9.17) is 9.47 Å². The Bertz CT molecular complexity index is 838. The monoisotopic (exact) mass is 326 g/mol. The van der Waals surface area contributed by atoms with Gasteiger partial charge in [0.25, 0.3) is 0 Å². The van der Waals surface area contributed by atoms with Gasteiger partial charge in [-0.1, -0.05) is 12.1 Å². The Kier molecular flexibility index (Phi) is 2.51.